The Kier molecular flexibility index (Phi) is 7.70. The van der Waals surface area contributed by atoms with Crippen molar-refractivity contribution in [1.29, 1.82) is 0 Å². The van der Waals surface area contributed by atoms with Gasteiger partial charge < -0.3 is 20.3 Å². The number of piperidine rings is 1. The molecule has 34 heavy (non-hydrogen) atoms. The number of nitrogens with one attached hydrogen (secondary N) is 2. The van der Waals surface area contributed by atoms with Crippen LogP contribution < -0.4 is 15.4 Å². The maximum atomic E-state index is 12.8. The molecule has 3 aromatic carbocycles. The van der Waals surface area contributed by atoms with E-state index in [0.29, 0.717) is 41.7 Å². The van der Waals surface area contributed by atoms with Crippen molar-refractivity contribution in [2.45, 2.75) is 25.7 Å². The number of hydrogen-bond acceptors (Lipinski definition) is 3. The molecule has 6 nitrogen and oxygen atoms in total. The third kappa shape index (κ3) is 6.08. The number of halogens is 1. The molecule has 3 amide bonds. The first-order chi connectivity index (χ1) is 16.5. The fourth-order valence-electron chi connectivity index (χ4n) is 4.11. The van der Waals surface area contributed by atoms with Crippen LogP contribution in [0, 0.1) is 0 Å². The summed E-state index contributed by atoms with van der Waals surface area (Å²) in [5.74, 6) is 0.770. The van der Waals surface area contributed by atoms with Crippen LogP contribution in [0.25, 0.3) is 0 Å². The van der Waals surface area contributed by atoms with E-state index in [1.54, 1.807) is 30.3 Å². The molecule has 1 saturated heterocycles. The minimum Gasteiger partial charge on any atom is -0.494 e. The first-order valence-corrected chi connectivity index (χ1v) is 11.9. The number of amides is 3. The van der Waals surface area contributed by atoms with Crippen molar-refractivity contribution in [3.63, 3.8) is 0 Å². The molecular formula is C27H28ClN3O3. The van der Waals surface area contributed by atoms with Crippen molar-refractivity contribution in [3.05, 3.63) is 88.9 Å². The fraction of sp³-hybridized carbons (Fsp3) is 0.259. The molecule has 0 unspecified atom stereocenters. The number of rotatable bonds is 6. The van der Waals surface area contributed by atoms with E-state index < -0.39 is 0 Å². The Hall–Kier alpha value is -3.51. The first kappa shape index (κ1) is 23.6. The number of ether oxygens (including phenoxy) is 1. The highest BCUT2D eigenvalue weighted by Gasteiger charge is 2.25. The second kappa shape index (κ2) is 11.1. The quantitative estimate of drug-likeness (QED) is 0.431. The highest BCUT2D eigenvalue weighted by Crippen LogP contribution is 2.28. The molecule has 1 heterocycles. The van der Waals surface area contributed by atoms with E-state index in [9.17, 15) is 9.59 Å². The standard InChI is InChI=1S/C27H28ClN3O3/c1-2-34-25-14-12-23(13-15-25)29-26(32)20-6-3-5-19(17-20)21-7-4-16-31(18-21)27(33)30-24-10-8-22(28)9-11-24/h3,5-6,8-15,17,21H,2,4,7,16,18H2,1H3,(H,29,32)(H,30,33)/t21-/m1/s1. The molecule has 3 aromatic rings. The van der Waals surface area contributed by atoms with E-state index in [4.69, 9.17) is 16.3 Å². The third-order valence-electron chi connectivity index (χ3n) is 5.85. The number of benzene rings is 3. The molecule has 1 fully saturated rings. The molecule has 0 bridgehead atoms. The summed E-state index contributed by atoms with van der Waals surface area (Å²) >= 11 is 5.93. The largest absolute Gasteiger partial charge is 0.494 e. The lowest BCUT2D eigenvalue weighted by Gasteiger charge is -2.33. The van der Waals surface area contributed by atoms with Crippen molar-refractivity contribution in [2.75, 3.05) is 30.3 Å². The third-order valence-corrected chi connectivity index (χ3v) is 6.10. The van der Waals surface area contributed by atoms with Crippen LogP contribution in [0.3, 0.4) is 0 Å². The van der Waals surface area contributed by atoms with Gasteiger partial charge in [-0.25, -0.2) is 4.79 Å². The van der Waals surface area contributed by atoms with E-state index in [1.165, 1.54) is 0 Å². The highest BCUT2D eigenvalue weighted by molar-refractivity contribution is 6.30. The zero-order chi connectivity index (χ0) is 23.9. The predicted octanol–water partition coefficient (Wildman–Crippen LogP) is 6.40. The molecule has 1 aliphatic rings. The summed E-state index contributed by atoms with van der Waals surface area (Å²) in [5, 5.41) is 6.50. The van der Waals surface area contributed by atoms with Crippen molar-refractivity contribution in [3.8, 4) is 5.75 Å². The molecule has 1 atom stereocenters. The van der Waals surface area contributed by atoms with Gasteiger partial charge in [0.15, 0.2) is 0 Å². The van der Waals surface area contributed by atoms with Crippen LogP contribution >= 0.6 is 11.6 Å². The maximum absolute atomic E-state index is 12.8. The zero-order valence-corrected chi connectivity index (χ0v) is 19.8. The number of anilines is 2. The maximum Gasteiger partial charge on any atom is 0.321 e. The molecule has 0 aromatic heterocycles. The molecule has 2 N–H and O–H groups in total. The van der Waals surface area contributed by atoms with Gasteiger partial charge in [-0.2, -0.15) is 0 Å². The average molecular weight is 478 g/mol. The number of carbonyl (C=O) groups excluding carboxylic acids is 2. The summed E-state index contributed by atoms with van der Waals surface area (Å²) < 4.78 is 5.45. The van der Waals surface area contributed by atoms with Crippen LogP contribution in [0.15, 0.2) is 72.8 Å². The lowest BCUT2D eigenvalue weighted by atomic mass is 9.89. The van der Waals surface area contributed by atoms with Gasteiger partial charge in [-0.1, -0.05) is 23.7 Å². The first-order valence-electron chi connectivity index (χ1n) is 11.5. The van der Waals surface area contributed by atoms with Crippen LogP contribution in [0.2, 0.25) is 5.02 Å². The lowest BCUT2D eigenvalue weighted by molar-refractivity contribution is 0.102. The molecule has 176 valence electrons. The van der Waals surface area contributed by atoms with Crippen LogP contribution in [0.4, 0.5) is 16.2 Å². The molecule has 4 rings (SSSR count). The summed E-state index contributed by atoms with van der Waals surface area (Å²) in [6.07, 6.45) is 1.87. The molecule has 1 aliphatic heterocycles. The van der Waals surface area contributed by atoms with E-state index in [-0.39, 0.29) is 17.9 Å². The van der Waals surface area contributed by atoms with E-state index in [0.717, 1.165) is 24.2 Å². The minimum atomic E-state index is -0.167. The Morgan fingerprint density at radius 1 is 1.00 bits per heavy atom. The van der Waals surface area contributed by atoms with Crippen LogP contribution in [-0.4, -0.2) is 36.5 Å². The highest BCUT2D eigenvalue weighted by atomic mass is 35.5. The van der Waals surface area contributed by atoms with Crippen LogP contribution in [0.5, 0.6) is 5.75 Å². The number of carbonyl (C=O) groups is 2. The molecular weight excluding hydrogens is 450 g/mol. The van der Waals surface area contributed by atoms with Crippen molar-refractivity contribution < 1.29 is 14.3 Å². The van der Waals surface area contributed by atoms with Gasteiger partial charge in [0.1, 0.15) is 5.75 Å². The Morgan fingerprint density at radius 2 is 1.71 bits per heavy atom. The normalized spacial score (nSPS) is 15.5. The predicted molar refractivity (Wildman–Crippen MR) is 136 cm³/mol. The molecule has 0 spiro atoms. The van der Waals surface area contributed by atoms with E-state index in [1.807, 2.05) is 54.3 Å². The number of nitrogens with zero attached hydrogens (tertiary/aromatic N) is 1. The fourth-order valence-corrected chi connectivity index (χ4v) is 4.23. The SMILES string of the molecule is CCOc1ccc(NC(=O)c2cccc([C@@H]3CCCN(C(=O)Nc4ccc(Cl)cc4)C3)c2)cc1. The number of urea groups is 1. The van der Waals surface area contributed by atoms with Crippen LogP contribution in [-0.2, 0) is 0 Å². The van der Waals surface area contributed by atoms with E-state index in [2.05, 4.69) is 10.6 Å². The Labute approximate surface area is 204 Å². The smallest absolute Gasteiger partial charge is 0.321 e. The van der Waals surface area contributed by atoms with Gasteiger partial charge in [-0.05, 0) is 86.0 Å². The van der Waals surface area contributed by atoms with Gasteiger partial charge in [0.25, 0.3) is 5.91 Å². The van der Waals surface area contributed by atoms with E-state index >= 15 is 0 Å². The second-order valence-electron chi connectivity index (χ2n) is 8.26. The summed E-state index contributed by atoms with van der Waals surface area (Å²) in [6, 6.07) is 21.9. The van der Waals surface area contributed by atoms with Crippen molar-refractivity contribution in [2.24, 2.45) is 0 Å². The van der Waals surface area contributed by atoms with Gasteiger partial charge in [0.2, 0.25) is 0 Å². The minimum absolute atomic E-state index is 0.128. The average Bonchev–Trinajstić information content (AvgIpc) is 2.87. The van der Waals surface area contributed by atoms with Gasteiger partial charge in [-0.3, -0.25) is 4.79 Å². The van der Waals surface area contributed by atoms with Gasteiger partial charge in [-0.15, -0.1) is 0 Å². The van der Waals surface area contributed by atoms with Crippen molar-refractivity contribution in [1.82, 2.24) is 4.90 Å². The molecule has 0 saturated carbocycles. The van der Waals surface area contributed by atoms with Gasteiger partial charge in [0.05, 0.1) is 6.61 Å². The summed E-state index contributed by atoms with van der Waals surface area (Å²) in [4.78, 5) is 27.4. The monoisotopic (exact) mass is 477 g/mol. The van der Waals surface area contributed by atoms with Crippen molar-refractivity contribution >= 4 is 34.9 Å². The molecule has 7 heteroatoms. The zero-order valence-electron chi connectivity index (χ0n) is 19.1. The van der Waals surface area contributed by atoms with Gasteiger partial charge >= 0.3 is 6.03 Å². The summed E-state index contributed by atoms with van der Waals surface area (Å²) in [5.41, 5.74) is 3.07. The Morgan fingerprint density at radius 3 is 2.44 bits per heavy atom. The Balaban J connectivity index is 1.39. The summed E-state index contributed by atoms with van der Waals surface area (Å²) in [7, 11) is 0. The lowest BCUT2D eigenvalue weighted by Crippen LogP contribution is -2.41. The number of likely N-dealkylation sites (tertiary alicyclic amines) is 1. The number of hydrogen-bond donors (Lipinski definition) is 2. The topological polar surface area (TPSA) is 70.7 Å². The summed E-state index contributed by atoms with van der Waals surface area (Å²) in [6.45, 7) is 3.83. The Bertz CT molecular complexity index is 1130. The second-order valence-corrected chi connectivity index (χ2v) is 8.70. The molecule has 0 radical (unpaired) electrons. The van der Waals surface area contributed by atoms with Gasteiger partial charge in [0, 0.05) is 41.0 Å². The van der Waals surface area contributed by atoms with Crippen LogP contribution in [0.1, 0.15) is 41.6 Å². The molecule has 0 aliphatic carbocycles.